The molecule has 0 saturated heterocycles. The van der Waals surface area contributed by atoms with Crippen molar-refractivity contribution in [3.05, 3.63) is 16.6 Å². The van der Waals surface area contributed by atoms with Crippen molar-refractivity contribution < 1.29 is 4.79 Å². The average Bonchev–Trinajstić information content (AvgIpc) is 2.87. The van der Waals surface area contributed by atoms with Crippen LogP contribution in [0.4, 0.5) is 0 Å². The first-order valence-corrected chi connectivity index (χ1v) is 7.48. The highest BCUT2D eigenvalue weighted by Gasteiger charge is 2.10. The molecular weight excluding hydrogens is 246 g/mol. The molecule has 0 bridgehead atoms. The predicted octanol–water partition coefficient (Wildman–Crippen LogP) is 2.30. The molecule has 4 nitrogen and oxygen atoms in total. The van der Waals surface area contributed by atoms with Crippen LogP contribution in [0.25, 0.3) is 0 Å². The smallest absolute Gasteiger partial charge is 0.220 e. The highest BCUT2D eigenvalue weighted by Crippen LogP contribution is 2.16. The molecule has 0 fully saturated rings. The van der Waals surface area contributed by atoms with Crippen molar-refractivity contribution in [2.75, 3.05) is 6.54 Å². The van der Waals surface area contributed by atoms with Gasteiger partial charge in [-0.3, -0.25) is 9.78 Å². The summed E-state index contributed by atoms with van der Waals surface area (Å²) >= 11 is 1.56. The molecule has 102 valence electrons. The first-order valence-electron chi connectivity index (χ1n) is 6.60. The monoisotopic (exact) mass is 269 g/mol. The molecule has 1 atom stereocenters. The van der Waals surface area contributed by atoms with Crippen LogP contribution in [-0.2, 0) is 11.3 Å². The van der Waals surface area contributed by atoms with Gasteiger partial charge in [0.05, 0.1) is 12.1 Å². The molecule has 0 saturated carbocycles. The minimum atomic E-state index is 0.126. The van der Waals surface area contributed by atoms with Crippen LogP contribution in [0.1, 0.15) is 43.9 Å². The zero-order valence-corrected chi connectivity index (χ0v) is 11.8. The molecule has 0 aliphatic carbocycles. The molecular formula is C13H23N3OS. The Morgan fingerprint density at radius 3 is 2.94 bits per heavy atom. The van der Waals surface area contributed by atoms with Gasteiger partial charge in [0.1, 0.15) is 0 Å². The van der Waals surface area contributed by atoms with Crippen LogP contribution in [0.2, 0.25) is 0 Å². The number of nitrogens with two attached hydrogens (primary N) is 1. The molecule has 18 heavy (non-hydrogen) atoms. The van der Waals surface area contributed by atoms with Crippen LogP contribution in [0.3, 0.4) is 0 Å². The number of nitrogens with zero attached hydrogens (tertiary/aromatic N) is 1. The Hall–Kier alpha value is -0.940. The van der Waals surface area contributed by atoms with Crippen molar-refractivity contribution >= 4 is 17.2 Å². The third kappa shape index (κ3) is 6.12. The Bertz CT molecular complexity index is 321. The van der Waals surface area contributed by atoms with E-state index in [1.54, 1.807) is 23.0 Å². The van der Waals surface area contributed by atoms with Gasteiger partial charge < -0.3 is 11.1 Å². The SMILES string of the molecule is CCCC(CCN)CCC(=O)NCc1cncs1. The molecule has 1 aromatic rings. The lowest BCUT2D eigenvalue weighted by Gasteiger charge is -2.14. The molecule has 0 aliphatic rings. The van der Waals surface area contributed by atoms with Gasteiger partial charge in [0.15, 0.2) is 0 Å². The van der Waals surface area contributed by atoms with Crippen LogP contribution in [-0.4, -0.2) is 17.4 Å². The highest BCUT2D eigenvalue weighted by atomic mass is 32.1. The fourth-order valence-corrected chi connectivity index (χ4v) is 2.55. The lowest BCUT2D eigenvalue weighted by molar-refractivity contribution is -0.121. The largest absolute Gasteiger partial charge is 0.351 e. The van der Waals surface area contributed by atoms with E-state index in [9.17, 15) is 4.79 Å². The number of nitrogens with one attached hydrogen (secondary N) is 1. The number of aromatic nitrogens is 1. The fourth-order valence-electron chi connectivity index (χ4n) is 2.02. The van der Waals surface area contributed by atoms with E-state index in [1.165, 1.54) is 6.42 Å². The number of hydrogen-bond donors (Lipinski definition) is 2. The number of amides is 1. The normalized spacial score (nSPS) is 12.3. The third-order valence-electron chi connectivity index (χ3n) is 2.99. The first-order chi connectivity index (χ1) is 8.76. The summed E-state index contributed by atoms with van der Waals surface area (Å²) in [4.78, 5) is 16.8. The molecule has 3 N–H and O–H groups in total. The number of carbonyl (C=O) groups is 1. The molecule has 1 aromatic heterocycles. The van der Waals surface area contributed by atoms with Crippen molar-refractivity contribution in [1.82, 2.24) is 10.3 Å². The Morgan fingerprint density at radius 1 is 1.50 bits per heavy atom. The molecule has 1 heterocycles. The summed E-state index contributed by atoms with van der Waals surface area (Å²) in [6.45, 7) is 3.49. The van der Waals surface area contributed by atoms with Gasteiger partial charge in [0.2, 0.25) is 5.91 Å². The maximum atomic E-state index is 11.7. The van der Waals surface area contributed by atoms with Gasteiger partial charge >= 0.3 is 0 Å². The van der Waals surface area contributed by atoms with E-state index in [0.717, 1.165) is 24.1 Å². The maximum absolute atomic E-state index is 11.7. The van der Waals surface area contributed by atoms with E-state index in [1.807, 2.05) is 0 Å². The Kier molecular flexibility index (Phi) is 7.60. The molecule has 1 rings (SSSR count). The second kappa shape index (κ2) is 9.05. The number of carbonyl (C=O) groups excluding carboxylic acids is 1. The third-order valence-corrected chi connectivity index (χ3v) is 3.77. The van der Waals surface area contributed by atoms with Crippen LogP contribution >= 0.6 is 11.3 Å². The first kappa shape index (κ1) is 15.1. The van der Waals surface area contributed by atoms with E-state index in [2.05, 4.69) is 17.2 Å². The maximum Gasteiger partial charge on any atom is 0.220 e. The summed E-state index contributed by atoms with van der Waals surface area (Å²) in [6, 6.07) is 0. The van der Waals surface area contributed by atoms with Crippen LogP contribution < -0.4 is 11.1 Å². The summed E-state index contributed by atoms with van der Waals surface area (Å²) in [5.74, 6) is 0.718. The van der Waals surface area contributed by atoms with Crippen LogP contribution in [0.5, 0.6) is 0 Å². The minimum Gasteiger partial charge on any atom is -0.351 e. The van der Waals surface area contributed by atoms with Gasteiger partial charge in [-0.2, -0.15) is 0 Å². The summed E-state index contributed by atoms with van der Waals surface area (Å²) in [6.07, 6.45) is 6.69. The second-order valence-corrected chi connectivity index (χ2v) is 5.49. The molecule has 1 amide bonds. The van der Waals surface area contributed by atoms with Crippen molar-refractivity contribution in [3.63, 3.8) is 0 Å². The Labute approximate surface area is 113 Å². The summed E-state index contributed by atoms with van der Waals surface area (Å²) in [7, 11) is 0. The summed E-state index contributed by atoms with van der Waals surface area (Å²) in [5, 5.41) is 2.92. The van der Waals surface area contributed by atoms with E-state index in [4.69, 9.17) is 5.73 Å². The fraction of sp³-hybridized carbons (Fsp3) is 0.692. The summed E-state index contributed by atoms with van der Waals surface area (Å²) in [5.41, 5.74) is 7.36. The zero-order chi connectivity index (χ0) is 13.2. The Balaban J connectivity index is 2.18. The van der Waals surface area contributed by atoms with E-state index in [0.29, 0.717) is 25.4 Å². The molecule has 0 radical (unpaired) electrons. The van der Waals surface area contributed by atoms with Crippen LogP contribution in [0.15, 0.2) is 11.7 Å². The predicted molar refractivity (Wildman–Crippen MR) is 75.3 cm³/mol. The molecule has 5 heteroatoms. The van der Waals surface area contributed by atoms with Gasteiger partial charge in [-0.1, -0.05) is 19.8 Å². The molecule has 0 aliphatic heterocycles. The standard InChI is InChI=1S/C13H23N3OS/c1-2-3-11(6-7-14)4-5-13(17)16-9-12-8-15-10-18-12/h8,10-11H,2-7,9,14H2,1H3,(H,16,17). The highest BCUT2D eigenvalue weighted by molar-refractivity contribution is 7.09. The number of hydrogen-bond acceptors (Lipinski definition) is 4. The lowest BCUT2D eigenvalue weighted by Crippen LogP contribution is -2.23. The van der Waals surface area contributed by atoms with Gasteiger partial charge in [-0.05, 0) is 25.3 Å². The Morgan fingerprint density at radius 2 is 2.33 bits per heavy atom. The minimum absolute atomic E-state index is 0.126. The molecule has 0 spiro atoms. The second-order valence-electron chi connectivity index (χ2n) is 4.52. The van der Waals surface area contributed by atoms with Crippen molar-refractivity contribution in [3.8, 4) is 0 Å². The van der Waals surface area contributed by atoms with Gasteiger partial charge in [-0.15, -0.1) is 11.3 Å². The number of thiazole rings is 1. The van der Waals surface area contributed by atoms with Gasteiger partial charge in [0, 0.05) is 17.5 Å². The summed E-state index contributed by atoms with van der Waals surface area (Å²) < 4.78 is 0. The zero-order valence-electron chi connectivity index (χ0n) is 11.0. The van der Waals surface area contributed by atoms with E-state index < -0.39 is 0 Å². The molecule has 1 unspecified atom stereocenters. The van der Waals surface area contributed by atoms with Crippen molar-refractivity contribution in [1.29, 1.82) is 0 Å². The van der Waals surface area contributed by atoms with E-state index >= 15 is 0 Å². The quantitative estimate of drug-likeness (QED) is 0.723. The van der Waals surface area contributed by atoms with Gasteiger partial charge in [-0.25, -0.2) is 0 Å². The topological polar surface area (TPSA) is 68.0 Å². The molecule has 0 aromatic carbocycles. The van der Waals surface area contributed by atoms with Crippen molar-refractivity contribution in [2.45, 2.75) is 45.6 Å². The van der Waals surface area contributed by atoms with E-state index in [-0.39, 0.29) is 5.91 Å². The average molecular weight is 269 g/mol. The van der Waals surface area contributed by atoms with Crippen LogP contribution in [0, 0.1) is 5.92 Å². The number of rotatable bonds is 9. The van der Waals surface area contributed by atoms with Crippen molar-refractivity contribution in [2.24, 2.45) is 11.7 Å². The van der Waals surface area contributed by atoms with Gasteiger partial charge in [0.25, 0.3) is 0 Å². The lowest BCUT2D eigenvalue weighted by atomic mass is 9.94.